The van der Waals surface area contributed by atoms with Crippen molar-refractivity contribution in [3.8, 4) is 5.75 Å². The Morgan fingerprint density at radius 1 is 1.35 bits per heavy atom. The largest absolute Gasteiger partial charge is 0.433 e. The molecule has 0 heterocycles. The second kappa shape index (κ2) is 4.95. The number of rotatable bonds is 4. The minimum absolute atomic E-state index is 0.573. The third-order valence-corrected chi connectivity index (χ3v) is 2.98. The van der Waals surface area contributed by atoms with Crippen LogP contribution in [0.15, 0.2) is 29.2 Å². The van der Waals surface area contributed by atoms with Gasteiger partial charge in [-0.15, -0.1) is 0 Å². The number of nitrogens with one attached hydrogen (secondary N) is 1. The summed E-state index contributed by atoms with van der Waals surface area (Å²) in [6, 6.07) is 3.30. The summed E-state index contributed by atoms with van der Waals surface area (Å²) in [5.74, 6) is -0.573. The Kier molecular flexibility index (Phi) is 3.84. The van der Waals surface area contributed by atoms with E-state index in [9.17, 15) is 22.0 Å². The van der Waals surface area contributed by atoms with E-state index in [4.69, 9.17) is 0 Å². The Morgan fingerprint density at radius 2 is 1.94 bits per heavy atom. The minimum atomic E-state index is -4.32. The summed E-state index contributed by atoms with van der Waals surface area (Å²) >= 11 is 0. The van der Waals surface area contributed by atoms with Crippen LogP contribution in [-0.2, 0) is 10.0 Å². The topological polar surface area (TPSA) is 98.5 Å². The fraction of sp³-hybridized carbons (Fsp3) is 0.125. The molecule has 0 saturated heterocycles. The maximum atomic E-state index is 12.0. The average molecular weight is 266 g/mol. The number of primary amides is 1. The van der Waals surface area contributed by atoms with Crippen LogP contribution in [0.4, 0.5) is 13.6 Å². The SMILES string of the molecule is NC(=O)NS(=O)(=O)c1ccccc1OC(F)F. The smallest absolute Gasteiger partial charge is 0.387 e. The van der Waals surface area contributed by atoms with Crippen LogP contribution in [0.3, 0.4) is 0 Å². The summed E-state index contributed by atoms with van der Waals surface area (Å²) < 4.78 is 52.5. The van der Waals surface area contributed by atoms with Gasteiger partial charge in [-0.25, -0.2) is 17.9 Å². The van der Waals surface area contributed by atoms with Gasteiger partial charge in [-0.1, -0.05) is 12.1 Å². The van der Waals surface area contributed by atoms with Gasteiger partial charge in [-0.05, 0) is 12.1 Å². The van der Waals surface area contributed by atoms with Gasteiger partial charge in [0, 0.05) is 0 Å². The molecule has 17 heavy (non-hydrogen) atoms. The van der Waals surface area contributed by atoms with Crippen molar-refractivity contribution in [2.24, 2.45) is 5.73 Å². The lowest BCUT2D eigenvalue weighted by Crippen LogP contribution is -2.35. The number of hydrogen-bond acceptors (Lipinski definition) is 4. The number of ether oxygens (including phenoxy) is 1. The number of sulfonamides is 1. The van der Waals surface area contributed by atoms with Gasteiger partial charge in [-0.3, -0.25) is 0 Å². The lowest BCUT2D eigenvalue weighted by molar-refractivity contribution is -0.0517. The molecular formula is C8H8F2N2O4S. The molecule has 1 aromatic carbocycles. The second-order valence-corrected chi connectivity index (χ2v) is 4.45. The van der Waals surface area contributed by atoms with Gasteiger partial charge in [0.2, 0.25) is 0 Å². The number of nitrogens with two attached hydrogens (primary N) is 1. The van der Waals surface area contributed by atoms with Crippen molar-refractivity contribution in [2.75, 3.05) is 0 Å². The van der Waals surface area contributed by atoms with E-state index in [0.29, 0.717) is 0 Å². The number of amides is 2. The van der Waals surface area contributed by atoms with Crippen LogP contribution in [-0.4, -0.2) is 21.1 Å². The molecular weight excluding hydrogens is 258 g/mol. The number of urea groups is 1. The monoisotopic (exact) mass is 266 g/mol. The molecule has 9 heteroatoms. The lowest BCUT2D eigenvalue weighted by Gasteiger charge is -2.10. The van der Waals surface area contributed by atoms with Gasteiger partial charge >= 0.3 is 12.6 Å². The van der Waals surface area contributed by atoms with Gasteiger partial charge in [-0.2, -0.15) is 8.78 Å². The quantitative estimate of drug-likeness (QED) is 0.835. The summed E-state index contributed by atoms with van der Waals surface area (Å²) in [5.41, 5.74) is 4.65. The summed E-state index contributed by atoms with van der Waals surface area (Å²) in [7, 11) is -4.32. The first kappa shape index (κ1) is 13.2. The van der Waals surface area contributed by atoms with Crippen LogP contribution in [0.2, 0.25) is 0 Å². The molecule has 1 rings (SSSR count). The van der Waals surface area contributed by atoms with E-state index in [-0.39, 0.29) is 0 Å². The average Bonchev–Trinajstić information content (AvgIpc) is 2.15. The molecule has 0 unspecified atom stereocenters. The summed E-state index contributed by atoms with van der Waals surface area (Å²) in [4.78, 5) is 9.87. The molecule has 0 aliphatic carbocycles. The van der Waals surface area contributed by atoms with Crippen LogP contribution in [0, 0.1) is 0 Å². The van der Waals surface area contributed by atoms with Crippen LogP contribution in [0.1, 0.15) is 0 Å². The Morgan fingerprint density at radius 3 is 2.47 bits per heavy atom. The zero-order valence-corrected chi connectivity index (χ0v) is 9.08. The Bertz CT molecular complexity index is 518. The van der Waals surface area contributed by atoms with Gasteiger partial charge in [0.1, 0.15) is 10.6 Å². The molecule has 6 nitrogen and oxygen atoms in total. The van der Waals surface area contributed by atoms with Gasteiger partial charge < -0.3 is 10.5 Å². The first-order chi connectivity index (χ1) is 7.83. The molecule has 0 aliphatic rings. The molecule has 3 N–H and O–H groups in total. The van der Waals surface area contributed by atoms with E-state index < -0.39 is 33.3 Å². The normalized spacial score (nSPS) is 11.2. The van der Waals surface area contributed by atoms with Gasteiger partial charge in [0.15, 0.2) is 0 Å². The first-order valence-electron chi connectivity index (χ1n) is 4.19. The highest BCUT2D eigenvalue weighted by Crippen LogP contribution is 2.24. The lowest BCUT2D eigenvalue weighted by atomic mass is 10.3. The van der Waals surface area contributed by atoms with Crippen LogP contribution >= 0.6 is 0 Å². The highest BCUT2D eigenvalue weighted by Gasteiger charge is 2.22. The number of carbonyl (C=O) groups is 1. The van der Waals surface area contributed by atoms with Crippen molar-refractivity contribution in [3.63, 3.8) is 0 Å². The molecule has 1 aromatic rings. The van der Waals surface area contributed by atoms with Crippen molar-refractivity contribution in [1.29, 1.82) is 0 Å². The second-order valence-electron chi connectivity index (χ2n) is 2.79. The highest BCUT2D eigenvalue weighted by molar-refractivity contribution is 7.90. The van der Waals surface area contributed by atoms with E-state index in [1.807, 2.05) is 0 Å². The molecule has 0 spiro atoms. The zero-order valence-electron chi connectivity index (χ0n) is 8.26. The highest BCUT2D eigenvalue weighted by atomic mass is 32.2. The van der Waals surface area contributed by atoms with Gasteiger partial charge in [0.25, 0.3) is 10.0 Å². The van der Waals surface area contributed by atoms with Crippen molar-refractivity contribution >= 4 is 16.1 Å². The van der Waals surface area contributed by atoms with E-state index in [0.717, 1.165) is 12.1 Å². The Hall–Kier alpha value is -1.90. The first-order valence-corrected chi connectivity index (χ1v) is 5.67. The minimum Gasteiger partial charge on any atom is -0.433 e. The molecule has 0 radical (unpaired) electrons. The van der Waals surface area contributed by atoms with E-state index in [1.165, 1.54) is 16.9 Å². The van der Waals surface area contributed by atoms with E-state index in [2.05, 4.69) is 10.5 Å². The van der Waals surface area contributed by atoms with Crippen molar-refractivity contribution in [3.05, 3.63) is 24.3 Å². The number of benzene rings is 1. The summed E-state index contributed by atoms with van der Waals surface area (Å²) in [6.07, 6.45) is 0. The van der Waals surface area contributed by atoms with E-state index in [1.54, 1.807) is 0 Å². The molecule has 2 amide bonds. The maximum Gasteiger partial charge on any atom is 0.387 e. The Balaban J connectivity index is 3.17. The maximum absolute atomic E-state index is 12.0. The van der Waals surface area contributed by atoms with E-state index >= 15 is 0 Å². The summed E-state index contributed by atoms with van der Waals surface area (Å²) in [6.45, 7) is -3.18. The van der Waals surface area contributed by atoms with Crippen molar-refractivity contribution < 1.29 is 26.7 Å². The third-order valence-electron chi connectivity index (χ3n) is 1.59. The molecule has 0 aliphatic heterocycles. The molecule has 0 fully saturated rings. The standard InChI is InChI=1S/C8H8F2N2O4S/c9-7(10)16-5-3-1-2-4-6(5)17(14,15)12-8(11)13/h1-4,7H,(H3,11,12,13). The molecule has 94 valence electrons. The predicted molar refractivity (Wildman–Crippen MR) is 53.0 cm³/mol. The Labute approximate surface area is 95.4 Å². The number of halogens is 2. The summed E-state index contributed by atoms with van der Waals surface area (Å²) in [5, 5.41) is 0. The molecule has 0 aromatic heterocycles. The van der Waals surface area contributed by atoms with Crippen LogP contribution in [0.5, 0.6) is 5.75 Å². The predicted octanol–water partition coefficient (Wildman–Crippen LogP) is 0.645. The molecule has 0 atom stereocenters. The molecule has 0 saturated carbocycles. The zero-order chi connectivity index (χ0) is 13.1. The number of para-hydroxylation sites is 1. The molecule has 0 bridgehead atoms. The third kappa shape index (κ3) is 3.55. The number of carbonyl (C=O) groups excluding carboxylic acids is 1. The fourth-order valence-corrected chi connectivity index (χ4v) is 2.07. The van der Waals surface area contributed by atoms with Gasteiger partial charge in [0.05, 0.1) is 0 Å². The fourth-order valence-electron chi connectivity index (χ4n) is 1.05. The van der Waals surface area contributed by atoms with Crippen LogP contribution in [0.25, 0.3) is 0 Å². The van der Waals surface area contributed by atoms with Crippen molar-refractivity contribution in [2.45, 2.75) is 11.5 Å². The number of hydrogen-bond donors (Lipinski definition) is 2. The van der Waals surface area contributed by atoms with Crippen LogP contribution < -0.4 is 15.2 Å². The number of alkyl halides is 2. The van der Waals surface area contributed by atoms with Crippen molar-refractivity contribution in [1.82, 2.24) is 4.72 Å².